The molecule has 0 saturated heterocycles. The molecule has 170 valence electrons. The van der Waals surface area contributed by atoms with Gasteiger partial charge in [-0.3, -0.25) is 18.7 Å². The van der Waals surface area contributed by atoms with Gasteiger partial charge in [-0.1, -0.05) is 30.3 Å². The Bertz CT molecular complexity index is 1240. The third-order valence-electron chi connectivity index (χ3n) is 5.17. The van der Waals surface area contributed by atoms with E-state index in [0.717, 1.165) is 21.5 Å². The van der Waals surface area contributed by atoms with E-state index >= 15 is 0 Å². The highest BCUT2D eigenvalue weighted by molar-refractivity contribution is 7.20. The molecule has 1 N–H and O–H groups in total. The standard InChI is InChI=1S/C23H26N2O6S/c1-3-31-22(29)19-15(2)18-20(28)25(14-17(27)10-7-13-26)23(30)24(21(18)32-19)12-11-16-8-5-4-6-9-16/h4-6,8-9,26H,3,7,10-14H2,1-2H3. The third-order valence-corrected chi connectivity index (χ3v) is 6.46. The predicted octanol–water partition coefficient (Wildman–Crippen LogP) is 2.29. The van der Waals surface area contributed by atoms with Crippen LogP contribution in [0.4, 0.5) is 0 Å². The summed E-state index contributed by atoms with van der Waals surface area (Å²) in [5.41, 5.74) is 0.275. The maximum absolute atomic E-state index is 13.3. The number of aliphatic hydroxyl groups is 1. The molecule has 0 aliphatic heterocycles. The van der Waals surface area contributed by atoms with Gasteiger partial charge in [-0.25, -0.2) is 9.59 Å². The van der Waals surface area contributed by atoms with Gasteiger partial charge in [0.25, 0.3) is 5.56 Å². The lowest BCUT2D eigenvalue weighted by atomic mass is 10.1. The summed E-state index contributed by atoms with van der Waals surface area (Å²) in [5, 5.41) is 9.21. The van der Waals surface area contributed by atoms with E-state index in [-0.39, 0.29) is 55.2 Å². The van der Waals surface area contributed by atoms with E-state index in [4.69, 9.17) is 9.84 Å². The summed E-state index contributed by atoms with van der Waals surface area (Å²) in [6.45, 7) is 3.30. The van der Waals surface area contributed by atoms with E-state index in [1.165, 1.54) is 4.57 Å². The molecule has 9 heteroatoms. The summed E-state index contributed by atoms with van der Waals surface area (Å²) >= 11 is 1.06. The summed E-state index contributed by atoms with van der Waals surface area (Å²) in [7, 11) is 0. The molecule has 3 rings (SSSR count). The molecule has 0 aliphatic carbocycles. The Morgan fingerprint density at radius 1 is 1.12 bits per heavy atom. The minimum atomic E-state index is -0.595. The van der Waals surface area contributed by atoms with E-state index in [1.54, 1.807) is 13.8 Å². The van der Waals surface area contributed by atoms with Crippen LogP contribution < -0.4 is 11.2 Å². The van der Waals surface area contributed by atoms with Gasteiger partial charge in [-0.05, 0) is 37.8 Å². The topological polar surface area (TPSA) is 108 Å². The van der Waals surface area contributed by atoms with Gasteiger partial charge in [-0.2, -0.15) is 0 Å². The molecule has 3 aromatic rings. The van der Waals surface area contributed by atoms with Crippen LogP contribution in [0.3, 0.4) is 0 Å². The van der Waals surface area contributed by atoms with Crippen LogP contribution >= 0.6 is 11.3 Å². The van der Waals surface area contributed by atoms with Crippen LogP contribution in [0.1, 0.15) is 40.6 Å². The highest BCUT2D eigenvalue weighted by atomic mass is 32.1. The number of aromatic nitrogens is 2. The number of ketones is 1. The lowest BCUT2D eigenvalue weighted by Crippen LogP contribution is -2.41. The van der Waals surface area contributed by atoms with Crippen LogP contribution in [-0.2, 0) is 29.0 Å². The van der Waals surface area contributed by atoms with Gasteiger partial charge in [0.2, 0.25) is 0 Å². The first-order chi connectivity index (χ1) is 15.4. The predicted molar refractivity (Wildman–Crippen MR) is 123 cm³/mol. The zero-order chi connectivity index (χ0) is 23.3. The lowest BCUT2D eigenvalue weighted by molar-refractivity contribution is -0.120. The van der Waals surface area contributed by atoms with Crippen molar-refractivity contribution in [1.82, 2.24) is 9.13 Å². The molecule has 2 aromatic heterocycles. The second kappa shape index (κ2) is 10.5. The highest BCUT2D eigenvalue weighted by Crippen LogP contribution is 2.28. The van der Waals surface area contributed by atoms with Gasteiger partial charge in [0.15, 0.2) is 5.78 Å². The van der Waals surface area contributed by atoms with Crippen LogP contribution in [0.5, 0.6) is 0 Å². The average molecular weight is 459 g/mol. The molecule has 0 aliphatic rings. The van der Waals surface area contributed by atoms with Crippen molar-refractivity contribution >= 4 is 33.3 Å². The zero-order valence-corrected chi connectivity index (χ0v) is 18.9. The van der Waals surface area contributed by atoms with Gasteiger partial charge in [0, 0.05) is 19.6 Å². The van der Waals surface area contributed by atoms with Crippen molar-refractivity contribution in [3.8, 4) is 0 Å². The van der Waals surface area contributed by atoms with Crippen LogP contribution in [0.15, 0.2) is 39.9 Å². The van der Waals surface area contributed by atoms with Crippen molar-refractivity contribution in [1.29, 1.82) is 0 Å². The van der Waals surface area contributed by atoms with Crippen molar-refractivity contribution in [2.24, 2.45) is 0 Å². The zero-order valence-electron chi connectivity index (χ0n) is 18.1. The lowest BCUT2D eigenvalue weighted by Gasteiger charge is -2.12. The van der Waals surface area contributed by atoms with Crippen LogP contribution in [0, 0.1) is 6.92 Å². The van der Waals surface area contributed by atoms with Gasteiger partial charge in [0.1, 0.15) is 9.71 Å². The fraction of sp³-hybridized carbons (Fsp3) is 0.391. The molecule has 0 amide bonds. The smallest absolute Gasteiger partial charge is 0.348 e. The number of hydrogen-bond acceptors (Lipinski definition) is 7. The number of aliphatic hydroxyl groups excluding tert-OH is 1. The van der Waals surface area contributed by atoms with Crippen LogP contribution in [0.2, 0.25) is 0 Å². The van der Waals surface area contributed by atoms with E-state index in [0.29, 0.717) is 16.8 Å². The van der Waals surface area contributed by atoms with Crippen LogP contribution in [-0.4, -0.2) is 39.2 Å². The first-order valence-corrected chi connectivity index (χ1v) is 11.3. The summed E-state index contributed by atoms with van der Waals surface area (Å²) in [6, 6.07) is 9.60. The fourth-order valence-electron chi connectivity index (χ4n) is 3.54. The molecular formula is C23H26N2O6S. The number of nitrogens with zero attached hydrogens (tertiary/aromatic N) is 2. The molecule has 0 spiro atoms. The number of esters is 1. The quantitative estimate of drug-likeness (QED) is 0.467. The van der Waals surface area contributed by atoms with E-state index in [1.807, 2.05) is 30.3 Å². The summed E-state index contributed by atoms with van der Waals surface area (Å²) in [5.74, 6) is -0.857. The molecular weight excluding hydrogens is 432 g/mol. The van der Waals surface area contributed by atoms with Gasteiger partial charge in [-0.15, -0.1) is 11.3 Å². The Morgan fingerprint density at radius 3 is 2.50 bits per heavy atom. The molecule has 2 heterocycles. The second-order valence-electron chi connectivity index (χ2n) is 7.38. The summed E-state index contributed by atoms with van der Waals surface area (Å²) in [4.78, 5) is 51.9. The molecule has 1 aromatic carbocycles. The Kier molecular flexibility index (Phi) is 7.76. The Balaban J connectivity index is 2.15. The molecule has 0 fully saturated rings. The van der Waals surface area contributed by atoms with Gasteiger partial charge < -0.3 is 9.84 Å². The molecule has 0 saturated carbocycles. The second-order valence-corrected chi connectivity index (χ2v) is 8.38. The average Bonchev–Trinajstić information content (AvgIpc) is 3.13. The number of Topliss-reactive ketones (excluding diaryl/α,β-unsaturated/α-hetero) is 1. The fourth-order valence-corrected chi connectivity index (χ4v) is 4.75. The SMILES string of the molecule is CCOC(=O)c1sc2c(c1C)c(=O)n(CC(=O)CCCO)c(=O)n2CCc1ccccc1. The minimum Gasteiger partial charge on any atom is -0.462 e. The largest absolute Gasteiger partial charge is 0.462 e. The Morgan fingerprint density at radius 2 is 1.84 bits per heavy atom. The number of carbonyl (C=O) groups excluding carboxylic acids is 2. The molecule has 0 unspecified atom stereocenters. The van der Waals surface area contributed by atoms with Gasteiger partial charge >= 0.3 is 11.7 Å². The molecule has 0 bridgehead atoms. The monoisotopic (exact) mass is 458 g/mol. The number of thiophene rings is 1. The molecule has 0 atom stereocenters. The van der Waals surface area contributed by atoms with E-state index in [9.17, 15) is 19.2 Å². The number of fused-ring (bicyclic) bond motifs is 1. The Labute approximate surface area is 188 Å². The van der Waals surface area contributed by atoms with Crippen molar-refractivity contribution in [2.75, 3.05) is 13.2 Å². The number of rotatable bonds is 10. The summed E-state index contributed by atoms with van der Waals surface area (Å²) < 4.78 is 7.51. The van der Waals surface area contributed by atoms with Crippen molar-refractivity contribution < 1.29 is 19.4 Å². The van der Waals surface area contributed by atoms with Crippen molar-refractivity contribution in [2.45, 2.75) is 46.2 Å². The molecule has 0 radical (unpaired) electrons. The van der Waals surface area contributed by atoms with Crippen molar-refractivity contribution in [3.05, 3.63) is 67.2 Å². The summed E-state index contributed by atoms with van der Waals surface area (Å²) in [6.07, 6.45) is 0.877. The molecule has 32 heavy (non-hydrogen) atoms. The van der Waals surface area contributed by atoms with Crippen LogP contribution in [0.25, 0.3) is 10.2 Å². The third kappa shape index (κ3) is 4.89. The van der Waals surface area contributed by atoms with Gasteiger partial charge in [0.05, 0.1) is 18.5 Å². The number of ether oxygens (including phenoxy) is 1. The first kappa shape index (κ1) is 23.6. The first-order valence-electron chi connectivity index (χ1n) is 10.5. The maximum atomic E-state index is 13.3. The number of benzene rings is 1. The maximum Gasteiger partial charge on any atom is 0.348 e. The normalized spacial score (nSPS) is 11.1. The number of hydrogen-bond donors (Lipinski definition) is 1. The molecule has 8 nitrogen and oxygen atoms in total. The number of carbonyl (C=O) groups is 2. The van der Waals surface area contributed by atoms with Crippen molar-refractivity contribution in [3.63, 3.8) is 0 Å². The van der Waals surface area contributed by atoms with E-state index < -0.39 is 17.2 Å². The number of aryl methyl sites for hydroxylation is 3. The minimum absolute atomic E-state index is 0.0706. The van der Waals surface area contributed by atoms with E-state index in [2.05, 4.69) is 0 Å². The highest BCUT2D eigenvalue weighted by Gasteiger charge is 2.24. The Hall–Kier alpha value is -3.04.